The predicted molar refractivity (Wildman–Crippen MR) is 109 cm³/mol. The van der Waals surface area contributed by atoms with E-state index < -0.39 is 0 Å². The van der Waals surface area contributed by atoms with Crippen molar-refractivity contribution < 1.29 is 4.79 Å². The maximum absolute atomic E-state index is 12.1. The smallest absolute Gasteiger partial charge is 0.220 e. The maximum Gasteiger partial charge on any atom is 0.220 e. The zero-order valence-electron chi connectivity index (χ0n) is 16.1. The summed E-state index contributed by atoms with van der Waals surface area (Å²) >= 11 is 0. The third kappa shape index (κ3) is 4.95. The first-order valence-electron chi connectivity index (χ1n) is 10.1. The summed E-state index contributed by atoms with van der Waals surface area (Å²) < 4.78 is 0. The van der Waals surface area contributed by atoms with Crippen molar-refractivity contribution in [3.63, 3.8) is 0 Å². The van der Waals surface area contributed by atoms with Gasteiger partial charge in [-0.25, -0.2) is 4.98 Å². The molecular formula is C22H27N5O. The zero-order valence-corrected chi connectivity index (χ0v) is 16.1. The topological polar surface area (TPSA) is 73.9 Å². The third-order valence-electron chi connectivity index (χ3n) is 5.51. The van der Waals surface area contributed by atoms with Gasteiger partial charge in [-0.1, -0.05) is 18.2 Å². The van der Waals surface area contributed by atoms with Crippen LogP contribution in [-0.2, 0) is 17.9 Å². The molecule has 1 fully saturated rings. The van der Waals surface area contributed by atoms with Crippen LogP contribution in [0.4, 0.5) is 0 Å². The zero-order chi connectivity index (χ0) is 19.2. The second-order valence-corrected chi connectivity index (χ2v) is 7.60. The van der Waals surface area contributed by atoms with Crippen LogP contribution in [0, 0.1) is 5.92 Å². The number of piperidine rings is 1. The van der Waals surface area contributed by atoms with E-state index in [1.54, 1.807) is 12.4 Å². The highest BCUT2D eigenvalue weighted by molar-refractivity contribution is 5.76. The number of rotatable bonds is 7. The number of H-pyrrole nitrogens is 1. The number of carbonyl (C=O) groups is 1. The van der Waals surface area contributed by atoms with E-state index in [0.29, 0.717) is 18.9 Å². The molecule has 6 heteroatoms. The Morgan fingerprint density at radius 2 is 2.04 bits per heavy atom. The van der Waals surface area contributed by atoms with Gasteiger partial charge in [-0.15, -0.1) is 0 Å². The number of amides is 1. The van der Waals surface area contributed by atoms with Gasteiger partial charge in [-0.05, 0) is 62.0 Å². The first-order valence-corrected chi connectivity index (χ1v) is 10.1. The van der Waals surface area contributed by atoms with Crippen molar-refractivity contribution in [2.75, 3.05) is 13.1 Å². The molecule has 3 aromatic rings. The number of imidazole rings is 1. The van der Waals surface area contributed by atoms with Crippen molar-refractivity contribution in [2.45, 2.75) is 38.8 Å². The lowest BCUT2D eigenvalue weighted by Crippen LogP contribution is -2.34. The molecule has 0 spiro atoms. The van der Waals surface area contributed by atoms with Crippen LogP contribution in [0.25, 0.3) is 11.0 Å². The molecule has 0 radical (unpaired) electrons. The number of nitrogens with zero attached hydrogens (tertiary/aromatic N) is 3. The first-order chi connectivity index (χ1) is 13.8. The molecule has 1 aliphatic heterocycles. The Hall–Kier alpha value is -2.73. The van der Waals surface area contributed by atoms with Crippen LogP contribution in [0.1, 0.15) is 37.1 Å². The number of carbonyl (C=O) groups excluding carboxylic acids is 1. The number of aromatic amines is 1. The Bertz CT molecular complexity index is 866. The molecule has 0 saturated carbocycles. The second-order valence-electron chi connectivity index (χ2n) is 7.60. The van der Waals surface area contributed by atoms with Crippen LogP contribution in [0.15, 0.2) is 48.8 Å². The van der Waals surface area contributed by atoms with E-state index in [9.17, 15) is 4.79 Å². The number of nitrogens with one attached hydrogen (secondary N) is 2. The lowest BCUT2D eigenvalue weighted by Gasteiger charge is -2.31. The number of aromatic nitrogens is 3. The number of pyridine rings is 1. The molecule has 0 atom stereocenters. The molecular weight excluding hydrogens is 350 g/mol. The number of likely N-dealkylation sites (tertiary alicyclic amines) is 1. The van der Waals surface area contributed by atoms with Crippen molar-refractivity contribution >= 4 is 16.9 Å². The average molecular weight is 377 g/mol. The van der Waals surface area contributed by atoms with E-state index in [1.807, 2.05) is 30.3 Å². The van der Waals surface area contributed by atoms with Gasteiger partial charge in [0.25, 0.3) is 0 Å². The second kappa shape index (κ2) is 8.97. The van der Waals surface area contributed by atoms with Crippen molar-refractivity contribution in [3.8, 4) is 0 Å². The van der Waals surface area contributed by atoms with Crippen LogP contribution in [0.2, 0.25) is 0 Å². The van der Waals surface area contributed by atoms with Crippen molar-refractivity contribution in [2.24, 2.45) is 5.92 Å². The van der Waals surface area contributed by atoms with Gasteiger partial charge in [0, 0.05) is 25.4 Å². The molecule has 6 nitrogen and oxygen atoms in total. The summed E-state index contributed by atoms with van der Waals surface area (Å²) in [7, 11) is 0. The third-order valence-corrected chi connectivity index (χ3v) is 5.51. The van der Waals surface area contributed by atoms with Gasteiger partial charge in [-0.3, -0.25) is 14.7 Å². The number of hydrogen-bond donors (Lipinski definition) is 2. The van der Waals surface area contributed by atoms with Crippen molar-refractivity contribution in [1.82, 2.24) is 25.2 Å². The normalized spacial score (nSPS) is 15.7. The Kier molecular flexibility index (Phi) is 5.97. The van der Waals surface area contributed by atoms with Crippen molar-refractivity contribution in [1.29, 1.82) is 0 Å². The predicted octanol–water partition coefficient (Wildman–Crippen LogP) is 3.27. The van der Waals surface area contributed by atoms with Crippen molar-refractivity contribution in [3.05, 3.63) is 60.2 Å². The molecule has 1 saturated heterocycles. The Balaban J connectivity index is 1.16. The lowest BCUT2D eigenvalue weighted by atomic mass is 9.92. The minimum Gasteiger partial charge on any atom is -0.352 e. The Labute approximate surface area is 165 Å². The van der Waals surface area contributed by atoms with Gasteiger partial charge in [-0.2, -0.15) is 0 Å². The Morgan fingerprint density at radius 1 is 1.18 bits per heavy atom. The SMILES string of the molecule is O=C(CCC1CCN(Cc2nc3ccccc3[nH]2)CC1)NCc1cccnc1. The molecule has 1 amide bonds. The van der Waals surface area contributed by atoms with Crippen LogP contribution >= 0.6 is 0 Å². The summed E-state index contributed by atoms with van der Waals surface area (Å²) in [5.74, 6) is 1.80. The number of hydrogen-bond acceptors (Lipinski definition) is 4. The summed E-state index contributed by atoms with van der Waals surface area (Å²) in [4.78, 5) is 26.7. The van der Waals surface area contributed by atoms with E-state index in [1.165, 1.54) is 0 Å². The summed E-state index contributed by atoms with van der Waals surface area (Å²) in [5, 5.41) is 2.99. The van der Waals surface area contributed by atoms with Gasteiger partial charge in [0.2, 0.25) is 5.91 Å². The number of benzene rings is 1. The van der Waals surface area contributed by atoms with Gasteiger partial charge >= 0.3 is 0 Å². The maximum atomic E-state index is 12.1. The van der Waals surface area contributed by atoms with Gasteiger partial charge in [0.05, 0.1) is 17.6 Å². The van der Waals surface area contributed by atoms with E-state index >= 15 is 0 Å². The first kappa shape index (κ1) is 18.6. The molecule has 0 aliphatic carbocycles. The highest BCUT2D eigenvalue weighted by atomic mass is 16.1. The monoisotopic (exact) mass is 377 g/mol. The van der Waals surface area contributed by atoms with E-state index in [0.717, 1.165) is 61.3 Å². The van der Waals surface area contributed by atoms with E-state index in [4.69, 9.17) is 0 Å². The highest BCUT2D eigenvalue weighted by Crippen LogP contribution is 2.23. The van der Waals surface area contributed by atoms with Crippen LogP contribution in [0.3, 0.4) is 0 Å². The molecule has 2 N–H and O–H groups in total. The van der Waals surface area contributed by atoms with Gasteiger partial charge in [0.15, 0.2) is 0 Å². The molecule has 28 heavy (non-hydrogen) atoms. The van der Waals surface area contributed by atoms with E-state index in [2.05, 4.69) is 31.2 Å². The Morgan fingerprint density at radius 3 is 2.82 bits per heavy atom. The molecule has 0 unspecified atom stereocenters. The largest absolute Gasteiger partial charge is 0.352 e. The minimum atomic E-state index is 0.133. The minimum absolute atomic E-state index is 0.133. The fraction of sp³-hybridized carbons (Fsp3) is 0.409. The summed E-state index contributed by atoms with van der Waals surface area (Å²) in [6, 6.07) is 12.0. The molecule has 0 bridgehead atoms. The van der Waals surface area contributed by atoms with Gasteiger partial charge < -0.3 is 10.3 Å². The lowest BCUT2D eigenvalue weighted by molar-refractivity contribution is -0.121. The summed E-state index contributed by atoms with van der Waals surface area (Å²) in [6.45, 7) is 3.56. The van der Waals surface area contributed by atoms with Gasteiger partial charge in [0.1, 0.15) is 5.82 Å². The number of para-hydroxylation sites is 2. The summed E-state index contributed by atoms with van der Waals surface area (Å²) in [6.07, 6.45) is 7.40. The van der Waals surface area contributed by atoms with E-state index in [-0.39, 0.29) is 5.91 Å². The number of fused-ring (bicyclic) bond motifs is 1. The summed E-state index contributed by atoms with van der Waals surface area (Å²) in [5.41, 5.74) is 3.17. The fourth-order valence-corrected chi connectivity index (χ4v) is 3.85. The standard InChI is InChI=1S/C22H27N5O/c28-22(24-15-18-4-3-11-23-14-18)8-7-17-9-12-27(13-10-17)16-21-25-19-5-1-2-6-20(19)26-21/h1-6,11,14,17H,7-10,12-13,15-16H2,(H,24,28)(H,25,26). The molecule has 3 heterocycles. The molecule has 4 rings (SSSR count). The van der Waals surface area contributed by atoms with Crippen LogP contribution in [0.5, 0.6) is 0 Å². The fourth-order valence-electron chi connectivity index (χ4n) is 3.85. The molecule has 2 aromatic heterocycles. The average Bonchev–Trinajstić information content (AvgIpc) is 3.15. The molecule has 1 aromatic carbocycles. The molecule has 146 valence electrons. The molecule has 1 aliphatic rings. The highest BCUT2D eigenvalue weighted by Gasteiger charge is 2.20. The van der Waals surface area contributed by atoms with Crippen LogP contribution < -0.4 is 5.32 Å². The van der Waals surface area contributed by atoms with Crippen LogP contribution in [-0.4, -0.2) is 38.8 Å². The quantitative estimate of drug-likeness (QED) is 0.663.